The van der Waals surface area contributed by atoms with Gasteiger partial charge in [-0.05, 0) is 47.8 Å². The molecule has 1 aliphatic heterocycles. The van der Waals surface area contributed by atoms with Crippen LogP contribution in [0.25, 0.3) is 0 Å². The molecular weight excluding hydrogens is 315 g/mol. The Morgan fingerprint density at radius 2 is 2.37 bits per heavy atom. The van der Waals surface area contributed by atoms with E-state index in [9.17, 15) is 9.18 Å². The highest BCUT2D eigenvalue weighted by Gasteiger charge is 2.24. The molecule has 1 fully saturated rings. The number of rotatable bonds is 3. The first kappa shape index (κ1) is 14.3. The molecule has 2 rings (SSSR count). The number of amides is 1. The number of anilines is 1. The Morgan fingerprint density at radius 1 is 1.63 bits per heavy atom. The standard InChI is InChI=1S/C13H16BrFN2O2/c1-7(12-3-2-4-19-12)17-13(18)8-5-11(16)10(15)6-9(8)14/h5-7,12H,2-4,16H2,1H3,(H,17,18). The molecule has 1 aliphatic rings. The number of hydrogen-bond donors (Lipinski definition) is 2. The predicted octanol–water partition coefficient (Wildman–Crippen LogP) is 2.47. The summed E-state index contributed by atoms with van der Waals surface area (Å²) >= 11 is 3.17. The number of ether oxygens (including phenoxy) is 1. The Bertz CT molecular complexity index is 490. The van der Waals surface area contributed by atoms with E-state index in [2.05, 4.69) is 21.2 Å². The van der Waals surface area contributed by atoms with Gasteiger partial charge in [0.1, 0.15) is 5.82 Å². The highest BCUT2D eigenvalue weighted by atomic mass is 79.9. The Labute approximate surface area is 119 Å². The average molecular weight is 331 g/mol. The summed E-state index contributed by atoms with van der Waals surface area (Å²) in [4.78, 5) is 12.1. The van der Waals surface area contributed by atoms with Gasteiger partial charge in [-0.25, -0.2) is 4.39 Å². The van der Waals surface area contributed by atoms with E-state index in [0.717, 1.165) is 19.4 Å². The molecular formula is C13H16BrFN2O2. The normalized spacial score (nSPS) is 20.3. The van der Waals surface area contributed by atoms with E-state index >= 15 is 0 Å². The Kier molecular flexibility index (Phi) is 4.42. The first-order valence-corrected chi connectivity index (χ1v) is 6.95. The first-order valence-electron chi connectivity index (χ1n) is 6.16. The number of nitrogens with two attached hydrogens (primary N) is 1. The lowest BCUT2D eigenvalue weighted by atomic mass is 10.1. The van der Waals surface area contributed by atoms with Gasteiger partial charge in [0.25, 0.3) is 5.91 Å². The van der Waals surface area contributed by atoms with E-state index < -0.39 is 5.82 Å². The van der Waals surface area contributed by atoms with Crippen molar-refractivity contribution in [1.29, 1.82) is 0 Å². The fraction of sp³-hybridized carbons (Fsp3) is 0.462. The third-order valence-electron chi connectivity index (χ3n) is 3.21. The quantitative estimate of drug-likeness (QED) is 0.837. The minimum atomic E-state index is -0.546. The molecule has 19 heavy (non-hydrogen) atoms. The van der Waals surface area contributed by atoms with E-state index in [0.29, 0.717) is 10.0 Å². The number of carbonyl (C=O) groups excluding carboxylic acids is 1. The van der Waals surface area contributed by atoms with Gasteiger partial charge in [0.05, 0.1) is 23.4 Å². The summed E-state index contributed by atoms with van der Waals surface area (Å²) in [5.74, 6) is -0.836. The summed E-state index contributed by atoms with van der Waals surface area (Å²) in [6.07, 6.45) is 1.99. The molecule has 1 aromatic carbocycles. The number of nitrogen functional groups attached to an aromatic ring is 1. The van der Waals surface area contributed by atoms with Gasteiger partial charge in [0, 0.05) is 11.1 Å². The van der Waals surface area contributed by atoms with Crippen molar-refractivity contribution in [3.05, 3.63) is 28.0 Å². The topological polar surface area (TPSA) is 64.4 Å². The largest absolute Gasteiger partial charge is 0.396 e. The third kappa shape index (κ3) is 3.25. The van der Waals surface area contributed by atoms with Crippen LogP contribution in [0.5, 0.6) is 0 Å². The van der Waals surface area contributed by atoms with Crippen LogP contribution < -0.4 is 11.1 Å². The SMILES string of the molecule is CC(NC(=O)c1cc(N)c(F)cc1Br)C1CCCO1. The van der Waals surface area contributed by atoms with Gasteiger partial charge in [-0.2, -0.15) is 0 Å². The molecule has 1 amide bonds. The van der Waals surface area contributed by atoms with E-state index in [-0.39, 0.29) is 23.7 Å². The second-order valence-electron chi connectivity index (χ2n) is 4.67. The number of benzene rings is 1. The first-order chi connectivity index (χ1) is 8.99. The van der Waals surface area contributed by atoms with Gasteiger partial charge in [-0.15, -0.1) is 0 Å². The van der Waals surface area contributed by atoms with E-state index in [1.807, 2.05) is 6.92 Å². The zero-order chi connectivity index (χ0) is 14.0. The lowest BCUT2D eigenvalue weighted by Crippen LogP contribution is -2.41. The third-order valence-corrected chi connectivity index (χ3v) is 3.87. The van der Waals surface area contributed by atoms with Gasteiger partial charge in [-0.3, -0.25) is 4.79 Å². The van der Waals surface area contributed by atoms with Crippen molar-refractivity contribution in [3.8, 4) is 0 Å². The monoisotopic (exact) mass is 330 g/mol. The van der Waals surface area contributed by atoms with Crippen molar-refractivity contribution in [2.45, 2.75) is 31.9 Å². The van der Waals surface area contributed by atoms with Gasteiger partial charge in [-0.1, -0.05) is 0 Å². The molecule has 0 spiro atoms. The Hall–Kier alpha value is -1.14. The van der Waals surface area contributed by atoms with Crippen LogP contribution in [0, 0.1) is 5.82 Å². The number of carbonyl (C=O) groups is 1. The van der Waals surface area contributed by atoms with Crippen LogP contribution in [0.15, 0.2) is 16.6 Å². The summed E-state index contributed by atoms with van der Waals surface area (Å²) < 4.78 is 19.1. The summed E-state index contributed by atoms with van der Waals surface area (Å²) in [5.41, 5.74) is 5.76. The van der Waals surface area contributed by atoms with E-state index in [1.54, 1.807) is 0 Å². The maximum atomic E-state index is 13.2. The van der Waals surface area contributed by atoms with Crippen molar-refractivity contribution < 1.29 is 13.9 Å². The molecule has 3 N–H and O–H groups in total. The van der Waals surface area contributed by atoms with Crippen LogP contribution in [0.1, 0.15) is 30.1 Å². The van der Waals surface area contributed by atoms with Crippen LogP contribution in [-0.2, 0) is 4.74 Å². The molecule has 0 saturated carbocycles. The fourth-order valence-electron chi connectivity index (χ4n) is 2.11. The molecule has 1 heterocycles. The summed E-state index contributed by atoms with van der Waals surface area (Å²) in [6, 6.07) is 2.44. The van der Waals surface area contributed by atoms with Gasteiger partial charge in [0.2, 0.25) is 0 Å². The molecule has 1 aromatic rings. The average Bonchev–Trinajstić information content (AvgIpc) is 2.87. The molecule has 0 bridgehead atoms. The van der Waals surface area contributed by atoms with Crippen molar-refractivity contribution in [2.75, 3.05) is 12.3 Å². The minimum absolute atomic E-state index is 0.0421. The van der Waals surface area contributed by atoms with Crippen molar-refractivity contribution in [1.82, 2.24) is 5.32 Å². The summed E-state index contributed by atoms with van der Waals surface area (Å²) in [7, 11) is 0. The zero-order valence-electron chi connectivity index (χ0n) is 10.6. The molecule has 2 unspecified atom stereocenters. The number of nitrogens with one attached hydrogen (secondary N) is 1. The Balaban J connectivity index is 2.09. The molecule has 0 aromatic heterocycles. The van der Waals surface area contributed by atoms with Crippen molar-refractivity contribution >= 4 is 27.5 Å². The zero-order valence-corrected chi connectivity index (χ0v) is 12.2. The fourth-order valence-corrected chi connectivity index (χ4v) is 2.61. The second kappa shape index (κ2) is 5.88. The van der Waals surface area contributed by atoms with Gasteiger partial charge < -0.3 is 15.8 Å². The Morgan fingerprint density at radius 3 is 3.00 bits per heavy atom. The predicted molar refractivity (Wildman–Crippen MR) is 74.4 cm³/mol. The molecule has 0 aliphatic carbocycles. The van der Waals surface area contributed by atoms with Crippen LogP contribution >= 0.6 is 15.9 Å². The minimum Gasteiger partial charge on any atom is -0.396 e. The van der Waals surface area contributed by atoms with E-state index in [4.69, 9.17) is 10.5 Å². The number of hydrogen-bond acceptors (Lipinski definition) is 3. The summed E-state index contributed by atoms with van der Waals surface area (Å²) in [6.45, 7) is 2.63. The van der Waals surface area contributed by atoms with Crippen LogP contribution in [-0.4, -0.2) is 24.7 Å². The van der Waals surface area contributed by atoms with E-state index in [1.165, 1.54) is 12.1 Å². The lowest BCUT2D eigenvalue weighted by Gasteiger charge is -2.20. The summed E-state index contributed by atoms with van der Waals surface area (Å²) in [5, 5.41) is 2.85. The molecule has 4 nitrogen and oxygen atoms in total. The van der Waals surface area contributed by atoms with Gasteiger partial charge in [0.15, 0.2) is 0 Å². The van der Waals surface area contributed by atoms with Crippen molar-refractivity contribution in [3.63, 3.8) is 0 Å². The van der Waals surface area contributed by atoms with Crippen LogP contribution in [0.3, 0.4) is 0 Å². The molecule has 0 radical (unpaired) electrons. The molecule has 2 atom stereocenters. The smallest absolute Gasteiger partial charge is 0.252 e. The molecule has 6 heteroatoms. The maximum Gasteiger partial charge on any atom is 0.252 e. The van der Waals surface area contributed by atoms with Crippen LogP contribution in [0.4, 0.5) is 10.1 Å². The van der Waals surface area contributed by atoms with Gasteiger partial charge >= 0.3 is 0 Å². The molecule has 104 valence electrons. The van der Waals surface area contributed by atoms with Crippen molar-refractivity contribution in [2.24, 2.45) is 0 Å². The second-order valence-corrected chi connectivity index (χ2v) is 5.52. The molecule has 1 saturated heterocycles. The highest BCUT2D eigenvalue weighted by Crippen LogP contribution is 2.23. The maximum absolute atomic E-state index is 13.2. The number of halogens is 2. The lowest BCUT2D eigenvalue weighted by molar-refractivity contribution is 0.0712. The highest BCUT2D eigenvalue weighted by molar-refractivity contribution is 9.10. The van der Waals surface area contributed by atoms with Crippen LogP contribution in [0.2, 0.25) is 0 Å².